The first-order valence-corrected chi connectivity index (χ1v) is 6.39. The highest BCUT2D eigenvalue weighted by atomic mass is 16.6. The highest BCUT2D eigenvalue weighted by molar-refractivity contribution is 6.01. The number of likely N-dealkylation sites (tertiary alicyclic amines) is 1. The summed E-state index contributed by atoms with van der Waals surface area (Å²) >= 11 is 0. The molecule has 0 saturated carbocycles. The van der Waals surface area contributed by atoms with E-state index in [1.165, 1.54) is 0 Å². The predicted molar refractivity (Wildman–Crippen MR) is 68.3 cm³/mol. The summed E-state index contributed by atoms with van der Waals surface area (Å²) in [5.41, 5.74) is 0.724. The van der Waals surface area contributed by atoms with Crippen molar-refractivity contribution in [3.8, 4) is 0 Å². The monoisotopic (exact) mass is 263 g/mol. The third kappa shape index (κ3) is 2.61. The molecule has 0 aromatic heterocycles. The fourth-order valence-electron chi connectivity index (χ4n) is 2.03. The van der Waals surface area contributed by atoms with Crippen molar-refractivity contribution in [3.63, 3.8) is 0 Å². The lowest BCUT2D eigenvalue weighted by molar-refractivity contribution is -0.162. The molecule has 1 N–H and O–H groups in total. The molecule has 1 aliphatic heterocycles. The predicted octanol–water partition coefficient (Wildman–Crippen LogP) is 1.87. The van der Waals surface area contributed by atoms with Gasteiger partial charge in [0.25, 0.3) is 5.91 Å². The van der Waals surface area contributed by atoms with Gasteiger partial charge in [-0.2, -0.15) is 0 Å². The van der Waals surface area contributed by atoms with E-state index in [4.69, 9.17) is 4.74 Å². The number of aliphatic hydroxyl groups is 1. The van der Waals surface area contributed by atoms with Crippen molar-refractivity contribution in [2.75, 3.05) is 6.61 Å². The number of imide groups is 1. The second kappa shape index (κ2) is 5.84. The SMILES string of the molecule is CCCCOC(=O)N1C(=O)C(O)C1c1ccccc1. The molecule has 1 saturated heterocycles. The molecule has 0 radical (unpaired) electrons. The topological polar surface area (TPSA) is 66.8 Å². The molecular formula is C14H17NO4. The molecule has 0 spiro atoms. The van der Waals surface area contributed by atoms with Crippen molar-refractivity contribution in [1.29, 1.82) is 0 Å². The van der Waals surface area contributed by atoms with Gasteiger partial charge in [-0.15, -0.1) is 0 Å². The summed E-state index contributed by atoms with van der Waals surface area (Å²) in [7, 11) is 0. The van der Waals surface area contributed by atoms with Crippen LogP contribution < -0.4 is 0 Å². The van der Waals surface area contributed by atoms with Crippen LogP contribution in [0.25, 0.3) is 0 Å². The number of β-lactam (4-membered cyclic amide) rings is 1. The summed E-state index contributed by atoms with van der Waals surface area (Å²) in [6.07, 6.45) is -0.183. The molecule has 0 bridgehead atoms. The van der Waals surface area contributed by atoms with Gasteiger partial charge < -0.3 is 9.84 Å². The Labute approximate surface area is 111 Å². The quantitative estimate of drug-likeness (QED) is 0.665. The van der Waals surface area contributed by atoms with E-state index in [9.17, 15) is 14.7 Å². The smallest absolute Gasteiger partial charge is 0.417 e. The molecule has 1 aromatic rings. The number of amides is 2. The lowest BCUT2D eigenvalue weighted by Crippen LogP contribution is -2.61. The maximum atomic E-state index is 11.8. The summed E-state index contributed by atoms with van der Waals surface area (Å²) in [6.45, 7) is 2.27. The van der Waals surface area contributed by atoms with Crippen molar-refractivity contribution in [1.82, 2.24) is 4.90 Å². The van der Waals surface area contributed by atoms with Crippen LogP contribution in [-0.2, 0) is 9.53 Å². The maximum absolute atomic E-state index is 11.8. The van der Waals surface area contributed by atoms with Crippen molar-refractivity contribution >= 4 is 12.0 Å². The molecule has 2 rings (SSSR count). The second-order valence-electron chi connectivity index (χ2n) is 4.48. The first-order valence-electron chi connectivity index (χ1n) is 6.39. The van der Waals surface area contributed by atoms with Gasteiger partial charge in [-0.3, -0.25) is 4.79 Å². The van der Waals surface area contributed by atoms with Crippen LogP contribution in [0.15, 0.2) is 30.3 Å². The van der Waals surface area contributed by atoms with Crippen molar-refractivity contribution < 1.29 is 19.4 Å². The summed E-state index contributed by atoms with van der Waals surface area (Å²) < 4.78 is 5.01. The fourth-order valence-corrected chi connectivity index (χ4v) is 2.03. The summed E-state index contributed by atoms with van der Waals surface area (Å²) in [5.74, 6) is -0.602. The van der Waals surface area contributed by atoms with Crippen LogP contribution in [0, 0.1) is 0 Å². The number of nitrogens with zero attached hydrogens (tertiary/aromatic N) is 1. The second-order valence-corrected chi connectivity index (χ2v) is 4.48. The number of rotatable bonds is 4. The average Bonchev–Trinajstić information content (AvgIpc) is 2.44. The zero-order valence-corrected chi connectivity index (χ0v) is 10.8. The number of benzene rings is 1. The molecule has 102 valence electrons. The minimum atomic E-state index is -1.17. The van der Waals surface area contributed by atoms with Gasteiger partial charge in [0.1, 0.15) is 6.04 Å². The van der Waals surface area contributed by atoms with E-state index < -0.39 is 24.1 Å². The summed E-state index contributed by atoms with van der Waals surface area (Å²) in [5, 5.41) is 9.72. The Balaban J connectivity index is 2.06. The van der Waals surface area contributed by atoms with E-state index in [1.54, 1.807) is 24.3 Å². The van der Waals surface area contributed by atoms with Crippen LogP contribution in [-0.4, -0.2) is 34.7 Å². The standard InChI is InChI=1S/C14H17NO4/c1-2-3-9-19-14(18)15-11(12(16)13(15)17)10-7-5-4-6-8-10/h4-8,11-12,16H,2-3,9H2,1H3. The van der Waals surface area contributed by atoms with Crippen LogP contribution >= 0.6 is 0 Å². The molecule has 2 unspecified atom stereocenters. The Morgan fingerprint density at radius 3 is 2.68 bits per heavy atom. The fraction of sp³-hybridized carbons (Fsp3) is 0.429. The molecule has 5 heteroatoms. The highest BCUT2D eigenvalue weighted by Gasteiger charge is 2.51. The number of hydrogen-bond donors (Lipinski definition) is 1. The largest absolute Gasteiger partial charge is 0.449 e. The van der Waals surface area contributed by atoms with Gasteiger partial charge in [-0.05, 0) is 12.0 Å². The Morgan fingerprint density at radius 1 is 1.37 bits per heavy atom. The Bertz CT molecular complexity index is 460. The first-order chi connectivity index (χ1) is 9.16. The molecule has 2 amide bonds. The number of hydrogen-bond acceptors (Lipinski definition) is 4. The van der Waals surface area contributed by atoms with Gasteiger partial charge in [0.2, 0.25) is 0 Å². The lowest BCUT2D eigenvalue weighted by atomic mass is 9.91. The van der Waals surface area contributed by atoms with Crippen LogP contribution in [0.4, 0.5) is 4.79 Å². The minimum absolute atomic E-state index is 0.288. The Morgan fingerprint density at radius 2 is 2.05 bits per heavy atom. The molecule has 5 nitrogen and oxygen atoms in total. The molecule has 1 fully saturated rings. The minimum Gasteiger partial charge on any atom is -0.449 e. The Hall–Kier alpha value is -1.88. The van der Waals surface area contributed by atoms with E-state index in [-0.39, 0.29) is 6.61 Å². The molecule has 0 aliphatic carbocycles. The van der Waals surface area contributed by atoms with Crippen molar-refractivity contribution in [2.45, 2.75) is 31.9 Å². The zero-order chi connectivity index (χ0) is 13.8. The maximum Gasteiger partial charge on any atom is 0.417 e. The highest BCUT2D eigenvalue weighted by Crippen LogP contribution is 2.35. The first kappa shape index (κ1) is 13.5. The van der Waals surface area contributed by atoms with E-state index in [1.807, 2.05) is 13.0 Å². The normalized spacial score (nSPS) is 22.0. The van der Waals surface area contributed by atoms with E-state index in [0.29, 0.717) is 0 Å². The van der Waals surface area contributed by atoms with Crippen LogP contribution in [0.1, 0.15) is 31.4 Å². The molecule has 1 heterocycles. The molecule has 1 aromatic carbocycles. The van der Waals surface area contributed by atoms with Crippen molar-refractivity contribution in [2.24, 2.45) is 0 Å². The molecular weight excluding hydrogens is 246 g/mol. The van der Waals surface area contributed by atoms with Gasteiger partial charge in [0.05, 0.1) is 6.61 Å². The van der Waals surface area contributed by atoms with E-state index >= 15 is 0 Å². The third-order valence-electron chi connectivity index (χ3n) is 3.13. The van der Waals surface area contributed by atoms with Gasteiger partial charge in [0, 0.05) is 0 Å². The lowest BCUT2D eigenvalue weighted by Gasteiger charge is -2.41. The van der Waals surface area contributed by atoms with Gasteiger partial charge >= 0.3 is 6.09 Å². The van der Waals surface area contributed by atoms with Gasteiger partial charge in [-0.1, -0.05) is 43.7 Å². The van der Waals surface area contributed by atoms with Crippen LogP contribution in [0.5, 0.6) is 0 Å². The summed E-state index contributed by atoms with van der Waals surface area (Å²) in [4.78, 5) is 24.4. The number of carbonyl (C=O) groups excluding carboxylic acids is 2. The average molecular weight is 263 g/mol. The van der Waals surface area contributed by atoms with Crippen molar-refractivity contribution in [3.05, 3.63) is 35.9 Å². The van der Waals surface area contributed by atoms with Crippen LogP contribution in [0.2, 0.25) is 0 Å². The zero-order valence-electron chi connectivity index (χ0n) is 10.8. The molecule has 2 atom stereocenters. The van der Waals surface area contributed by atoms with Crippen LogP contribution in [0.3, 0.4) is 0 Å². The number of aliphatic hydroxyl groups excluding tert-OH is 1. The van der Waals surface area contributed by atoms with Gasteiger partial charge in [-0.25, -0.2) is 9.69 Å². The summed E-state index contributed by atoms with van der Waals surface area (Å²) in [6, 6.07) is 8.33. The number of unbranched alkanes of at least 4 members (excludes halogenated alkanes) is 1. The number of ether oxygens (including phenoxy) is 1. The molecule has 1 aliphatic rings. The Kier molecular flexibility index (Phi) is 4.16. The van der Waals surface area contributed by atoms with Gasteiger partial charge in [0.15, 0.2) is 6.10 Å². The molecule has 19 heavy (non-hydrogen) atoms. The number of carbonyl (C=O) groups is 2. The van der Waals surface area contributed by atoms with E-state index in [2.05, 4.69) is 0 Å². The third-order valence-corrected chi connectivity index (χ3v) is 3.13. The van der Waals surface area contributed by atoms with E-state index in [0.717, 1.165) is 23.3 Å².